The number of ether oxygens (including phenoxy) is 1. The van der Waals surface area contributed by atoms with Crippen LogP contribution >= 0.6 is 15.9 Å². The summed E-state index contributed by atoms with van der Waals surface area (Å²) in [5.41, 5.74) is 1.65. The van der Waals surface area contributed by atoms with Crippen LogP contribution < -0.4 is 15.4 Å². The molecule has 3 rings (SSSR count). The van der Waals surface area contributed by atoms with Gasteiger partial charge in [0.2, 0.25) is 5.95 Å². The molecule has 7 heteroatoms. The van der Waals surface area contributed by atoms with Gasteiger partial charge in [-0.3, -0.25) is 4.79 Å². The molecular formula is C18H15BrN4O2. The molecule has 126 valence electrons. The second-order valence-corrected chi connectivity index (χ2v) is 5.97. The van der Waals surface area contributed by atoms with Crippen LogP contribution in [-0.2, 0) is 0 Å². The van der Waals surface area contributed by atoms with Crippen molar-refractivity contribution in [1.29, 1.82) is 0 Å². The number of benzene rings is 2. The fraction of sp³-hybridized carbons (Fsp3) is 0.0556. The van der Waals surface area contributed by atoms with Crippen molar-refractivity contribution in [3.05, 3.63) is 71.0 Å². The second kappa shape index (κ2) is 7.76. The number of halogens is 1. The van der Waals surface area contributed by atoms with Crippen LogP contribution in [0.5, 0.6) is 5.75 Å². The zero-order chi connectivity index (χ0) is 17.6. The Hall–Kier alpha value is -2.93. The normalized spacial score (nSPS) is 10.2. The van der Waals surface area contributed by atoms with Crippen LogP contribution in [0.2, 0.25) is 0 Å². The van der Waals surface area contributed by atoms with Crippen LogP contribution in [0, 0.1) is 0 Å². The first-order valence-electron chi connectivity index (χ1n) is 7.46. The third-order valence-corrected chi connectivity index (χ3v) is 3.82. The number of hydrogen-bond acceptors (Lipinski definition) is 5. The average Bonchev–Trinajstić information content (AvgIpc) is 2.62. The van der Waals surface area contributed by atoms with Gasteiger partial charge in [-0.15, -0.1) is 0 Å². The van der Waals surface area contributed by atoms with Crippen molar-refractivity contribution >= 4 is 39.2 Å². The third-order valence-electron chi connectivity index (χ3n) is 3.32. The second-order valence-electron chi connectivity index (χ2n) is 5.06. The lowest BCUT2D eigenvalue weighted by molar-refractivity contribution is 0.102. The summed E-state index contributed by atoms with van der Waals surface area (Å²) in [6.45, 7) is 0. The fourth-order valence-electron chi connectivity index (χ4n) is 2.18. The quantitative estimate of drug-likeness (QED) is 0.671. The minimum atomic E-state index is -0.316. The van der Waals surface area contributed by atoms with Crippen LogP contribution in [-0.4, -0.2) is 23.0 Å². The summed E-state index contributed by atoms with van der Waals surface area (Å²) in [6.07, 6.45) is 1.53. The van der Waals surface area contributed by atoms with Crippen LogP contribution in [0.4, 0.5) is 17.3 Å². The highest BCUT2D eigenvalue weighted by molar-refractivity contribution is 9.10. The maximum atomic E-state index is 12.4. The number of para-hydroxylation sites is 2. The van der Waals surface area contributed by atoms with E-state index in [0.29, 0.717) is 17.4 Å². The minimum absolute atomic E-state index is 0.257. The molecule has 0 bridgehead atoms. The topological polar surface area (TPSA) is 76.1 Å². The molecule has 0 aliphatic carbocycles. The molecule has 0 saturated carbocycles. The Balaban J connectivity index is 1.78. The predicted octanol–water partition coefficient (Wildman–Crippen LogP) is 4.24. The zero-order valence-electron chi connectivity index (χ0n) is 13.4. The lowest BCUT2D eigenvalue weighted by Crippen LogP contribution is -2.14. The van der Waals surface area contributed by atoms with Crippen molar-refractivity contribution < 1.29 is 9.53 Å². The standard InChI is InChI=1S/C18H15BrN4O2/c1-25-16-8-3-2-7-14(16)22-18-20-10-9-15(23-18)17(24)21-13-6-4-5-12(19)11-13/h2-11H,1H3,(H,21,24)(H,20,22,23). The highest BCUT2D eigenvalue weighted by atomic mass is 79.9. The number of anilines is 3. The SMILES string of the molecule is COc1ccccc1Nc1nccc(C(=O)Nc2cccc(Br)c2)n1. The molecular weight excluding hydrogens is 384 g/mol. The Morgan fingerprint density at radius 1 is 1.12 bits per heavy atom. The van der Waals surface area contributed by atoms with Crippen LogP contribution in [0.15, 0.2) is 65.3 Å². The molecule has 3 aromatic rings. The van der Waals surface area contributed by atoms with Gasteiger partial charge in [-0.1, -0.05) is 34.1 Å². The van der Waals surface area contributed by atoms with Gasteiger partial charge in [0.25, 0.3) is 5.91 Å². The lowest BCUT2D eigenvalue weighted by atomic mass is 10.3. The van der Waals surface area contributed by atoms with Gasteiger partial charge in [-0.25, -0.2) is 9.97 Å². The van der Waals surface area contributed by atoms with Gasteiger partial charge in [0.05, 0.1) is 12.8 Å². The van der Waals surface area contributed by atoms with E-state index in [9.17, 15) is 4.79 Å². The third kappa shape index (κ3) is 4.33. The summed E-state index contributed by atoms with van der Waals surface area (Å²) in [5.74, 6) is 0.657. The van der Waals surface area contributed by atoms with Gasteiger partial charge in [0, 0.05) is 16.4 Å². The van der Waals surface area contributed by atoms with Crippen molar-refractivity contribution in [3.63, 3.8) is 0 Å². The molecule has 0 spiro atoms. The van der Waals surface area contributed by atoms with Crippen molar-refractivity contribution in [2.24, 2.45) is 0 Å². The van der Waals surface area contributed by atoms with Gasteiger partial charge in [-0.2, -0.15) is 0 Å². The Bertz CT molecular complexity index is 902. The fourth-order valence-corrected chi connectivity index (χ4v) is 2.57. The first-order valence-corrected chi connectivity index (χ1v) is 8.25. The predicted molar refractivity (Wildman–Crippen MR) is 100 cm³/mol. The number of aromatic nitrogens is 2. The number of nitrogens with zero attached hydrogens (tertiary/aromatic N) is 2. The highest BCUT2D eigenvalue weighted by Crippen LogP contribution is 2.25. The highest BCUT2D eigenvalue weighted by Gasteiger charge is 2.11. The molecule has 1 aromatic heterocycles. The number of rotatable bonds is 5. The molecule has 0 radical (unpaired) electrons. The van der Waals surface area contributed by atoms with Crippen LogP contribution in [0.1, 0.15) is 10.5 Å². The van der Waals surface area contributed by atoms with Gasteiger partial charge in [0.15, 0.2) is 0 Å². The monoisotopic (exact) mass is 398 g/mol. The summed E-state index contributed by atoms with van der Waals surface area (Å²) in [4.78, 5) is 20.8. The van der Waals surface area contributed by atoms with Crippen LogP contribution in [0.3, 0.4) is 0 Å². The van der Waals surface area contributed by atoms with Gasteiger partial charge in [0.1, 0.15) is 11.4 Å². The molecule has 6 nitrogen and oxygen atoms in total. The number of amides is 1. The van der Waals surface area contributed by atoms with Crippen molar-refractivity contribution in [2.75, 3.05) is 17.7 Å². The van der Waals surface area contributed by atoms with Crippen LogP contribution in [0.25, 0.3) is 0 Å². The molecule has 0 saturated heterocycles. The Labute approximate surface area is 153 Å². The molecule has 0 aliphatic rings. The Morgan fingerprint density at radius 2 is 1.96 bits per heavy atom. The average molecular weight is 399 g/mol. The smallest absolute Gasteiger partial charge is 0.274 e. The maximum Gasteiger partial charge on any atom is 0.274 e. The summed E-state index contributed by atoms with van der Waals surface area (Å²) >= 11 is 3.37. The van der Waals surface area contributed by atoms with Crippen molar-refractivity contribution in [2.45, 2.75) is 0 Å². The summed E-state index contributed by atoms with van der Waals surface area (Å²) < 4.78 is 6.16. The number of carbonyl (C=O) groups excluding carboxylic acids is 1. The molecule has 2 aromatic carbocycles. The van der Waals surface area contributed by atoms with E-state index in [4.69, 9.17) is 4.74 Å². The van der Waals surface area contributed by atoms with E-state index in [-0.39, 0.29) is 11.6 Å². The number of carbonyl (C=O) groups is 1. The van der Waals surface area contributed by atoms with Crippen molar-refractivity contribution in [1.82, 2.24) is 9.97 Å². The zero-order valence-corrected chi connectivity index (χ0v) is 14.9. The molecule has 25 heavy (non-hydrogen) atoms. The summed E-state index contributed by atoms with van der Waals surface area (Å²) in [6, 6.07) is 16.3. The molecule has 0 unspecified atom stereocenters. The van der Waals surface area contributed by atoms with Gasteiger partial charge >= 0.3 is 0 Å². The number of hydrogen-bond donors (Lipinski definition) is 2. The Kier molecular flexibility index (Phi) is 5.25. The van der Waals surface area contributed by atoms with E-state index in [0.717, 1.165) is 10.2 Å². The van der Waals surface area contributed by atoms with E-state index in [1.165, 1.54) is 6.20 Å². The first kappa shape index (κ1) is 16.9. The Morgan fingerprint density at radius 3 is 2.76 bits per heavy atom. The van der Waals surface area contributed by atoms with E-state index in [2.05, 4.69) is 36.5 Å². The summed E-state index contributed by atoms with van der Waals surface area (Å²) in [7, 11) is 1.59. The number of methoxy groups -OCH3 is 1. The summed E-state index contributed by atoms with van der Waals surface area (Å²) in [5, 5.41) is 5.86. The minimum Gasteiger partial charge on any atom is -0.495 e. The number of nitrogens with one attached hydrogen (secondary N) is 2. The maximum absolute atomic E-state index is 12.4. The molecule has 0 atom stereocenters. The van der Waals surface area contributed by atoms with Gasteiger partial charge in [-0.05, 0) is 36.4 Å². The molecule has 0 aliphatic heterocycles. The lowest BCUT2D eigenvalue weighted by Gasteiger charge is -2.10. The van der Waals surface area contributed by atoms with E-state index in [1.807, 2.05) is 42.5 Å². The van der Waals surface area contributed by atoms with Gasteiger partial charge < -0.3 is 15.4 Å². The van der Waals surface area contributed by atoms with E-state index in [1.54, 1.807) is 19.2 Å². The molecule has 1 amide bonds. The molecule has 0 fully saturated rings. The molecule has 1 heterocycles. The molecule has 2 N–H and O–H groups in total. The van der Waals surface area contributed by atoms with E-state index >= 15 is 0 Å². The largest absolute Gasteiger partial charge is 0.495 e. The van der Waals surface area contributed by atoms with Crippen molar-refractivity contribution in [3.8, 4) is 5.75 Å². The van der Waals surface area contributed by atoms with E-state index < -0.39 is 0 Å². The first-order chi connectivity index (χ1) is 12.2.